The molecule has 1 rings (SSSR count). The van der Waals surface area contributed by atoms with Gasteiger partial charge in [-0.15, -0.1) is 0 Å². The summed E-state index contributed by atoms with van der Waals surface area (Å²) in [6, 6.07) is 8.87. The van der Waals surface area contributed by atoms with Gasteiger partial charge in [0.2, 0.25) is 0 Å². The molecule has 1 N–H and O–H groups in total. The number of hydrogen-bond acceptors (Lipinski definition) is 3. The van der Waals surface area contributed by atoms with Crippen LogP contribution in [-0.4, -0.2) is 25.2 Å². The van der Waals surface area contributed by atoms with Crippen LogP contribution in [0.1, 0.15) is 51.1 Å². The highest BCUT2D eigenvalue weighted by Crippen LogP contribution is 2.23. The largest absolute Gasteiger partial charge is 0.497 e. The summed E-state index contributed by atoms with van der Waals surface area (Å²) in [5.74, 6) is 3.35. The fourth-order valence-electron chi connectivity index (χ4n) is 2.11. The number of hydrogen-bond donors (Lipinski definition) is 1. The molecule has 1 unspecified atom stereocenters. The highest BCUT2D eigenvalue weighted by atomic mass is 32.2. The summed E-state index contributed by atoms with van der Waals surface area (Å²) in [6.45, 7) is 5.54. The number of thioether (sulfide) groups is 1. The van der Waals surface area contributed by atoms with E-state index >= 15 is 0 Å². The first-order chi connectivity index (χ1) is 9.81. The molecule has 1 aromatic carbocycles. The molecule has 1 atom stereocenters. The predicted molar refractivity (Wildman–Crippen MR) is 90.9 cm³/mol. The summed E-state index contributed by atoms with van der Waals surface area (Å²) in [5.41, 5.74) is 1.33. The standard InChI is InChI=1S/C17H29NOS/c1-4-6-7-12-20-14-17(18-11-5-2)15-9-8-10-16(13-15)19-3/h8-10,13,17-18H,4-7,11-12,14H2,1-3H3. The third kappa shape index (κ3) is 6.67. The first kappa shape index (κ1) is 17.4. The Morgan fingerprint density at radius 2 is 2.05 bits per heavy atom. The van der Waals surface area contributed by atoms with Gasteiger partial charge >= 0.3 is 0 Å². The quantitative estimate of drug-likeness (QED) is 0.600. The highest BCUT2D eigenvalue weighted by Gasteiger charge is 2.11. The Bertz CT molecular complexity index is 357. The van der Waals surface area contributed by atoms with Crippen molar-refractivity contribution in [2.24, 2.45) is 0 Å². The number of nitrogens with one attached hydrogen (secondary N) is 1. The predicted octanol–water partition coefficient (Wildman–Crippen LogP) is 4.66. The van der Waals surface area contributed by atoms with Crippen LogP contribution in [0.3, 0.4) is 0 Å². The maximum Gasteiger partial charge on any atom is 0.119 e. The number of unbranched alkanes of at least 4 members (excludes halogenated alkanes) is 2. The van der Waals surface area contributed by atoms with Gasteiger partial charge in [0.25, 0.3) is 0 Å². The SMILES string of the molecule is CCCCCSCC(NCCC)c1cccc(OC)c1. The third-order valence-corrected chi connectivity index (χ3v) is 4.46. The van der Waals surface area contributed by atoms with Crippen molar-refractivity contribution in [3.05, 3.63) is 29.8 Å². The average molecular weight is 295 g/mol. The number of ether oxygens (including phenoxy) is 1. The lowest BCUT2D eigenvalue weighted by Gasteiger charge is -2.19. The molecule has 0 saturated heterocycles. The van der Waals surface area contributed by atoms with Gasteiger partial charge in [0.15, 0.2) is 0 Å². The molecule has 20 heavy (non-hydrogen) atoms. The monoisotopic (exact) mass is 295 g/mol. The molecule has 3 heteroatoms. The van der Waals surface area contributed by atoms with Gasteiger partial charge in [-0.2, -0.15) is 11.8 Å². The molecule has 0 heterocycles. The molecule has 0 spiro atoms. The molecule has 0 bridgehead atoms. The van der Waals surface area contributed by atoms with Gasteiger partial charge in [0.05, 0.1) is 7.11 Å². The molecule has 1 aromatic rings. The number of methoxy groups -OCH3 is 1. The molecule has 0 radical (unpaired) electrons. The van der Waals surface area contributed by atoms with Crippen LogP contribution >= 0.6 is 11.8 Å². The molecule has 114 valence electrons. The summed E-state index contributed by atoms with van der Waals surface area (Å²) in [6.07, 6.45) is 5.15. The second kappa shape index (κ2) is 11.0. The van der Waals surface area contributed by atoms with Gasteiger partial charge in [-0.1, -0.05) is 38.8 Å². The van der Waals surface area contributed by atoms with Crippen LogP contribution in [0, 0.1) is 0 Å². The molecule has 0 aromatic heterocycles. The van der Waals surface area contributed by atoms with Crippen molar-refractivity contribution >= 4 is 11.8 Å². The Hall–Kier alpha value is -0.670. The van der Waals surface area contributed by atoms with E-state index in [0.717, 1.165) is 18.0 Å². The van der Waals surface area contributed by atoms with Crippen molar-refractivity contribution in [2.75, 3.05) is 25.2 Å². The molecule has 0 aliphatic rings. The lowest BCUT2D eigenvalue weighted by molar-refractivity contribution is 0.413. The molecular formula is C17H29NOS. The maximum absolute atomic E-state index is 5.33. The van der Waals surface area contributed by atoms with Gasteiger partial charge in [-0.3, -0.25) is 0 Å². The van der Waals surface area contributed by atoms with E-state index in [4.69, 9.17) is 4.74 Å². The van der Waals surface area contributed by atoms with Gasteiger partial charge in [-0.25, -0.2) is 0 Å². The first-order valence-electron chi connectivity index (χ1n) is 7.76. The Balaban J connectivity index is 2.53. The van der Waals surface area contributed by atoms with E-state index in [1.165, 1.54) is 37.0 Å². The second-order valence-electron chi connectivity index (χ2n) is 5.07. The summed E-state index contributed by atoms with van der Waals surface area (Å²) >= 11 is 2.06. The third-order valence-electron chi connectivity index (χ3n) is 3.31. The number of benzene rings is 1. The van der Waals surface area contributed by atoms with E-state index in [1.807, 2.05) is 6.07 Å². The van der Waals surface area contributed by atoms with Gasteiger partial charge in [0.1, 0.15) is 5.75 Å². The van der Waals surface area contributed by atoms with Crippen LogP contribution in [0.5, 0.6) is 5.75 Å². The Morgan fingerprint density at radius 3 is 2.75 bits per heavy atom. The molecule has 0 fully saturated rings. The van der Waals surface area contributed by atoms with Gasteiger partial charge in [0, 0.05) is 11.8 Å². The minimum absolute atomic E-state index is 0.427. The highest BCUT2D eigenvalue weighted by molar-refractivity contribution is 7.99. The molecule has 0 aliphatic carbocycles. The molecule has 0 amide bonds. The van der Waals surface area contributed by atoms with E-state index in [0.29, 0.717) is 6.04 Å². The Kier molecular flexibility index (Phi) is 9.60. The van der Waals surface area contributed by atoms with Crippen molar-refractivity contribution in [2.45, 2.75) is 45.6 Å². The van der Waals surface area contributed by atoms with Crippen LogP contribution < -0.4 is 10.1 Å². The maximum atomic E-state index is 5.33. The van der Waals surface area contributed by atoms with Crippen LogP contribution in [0.2, 0.25) is 0 Å². The smallest absolute Gasteiger partial charge is 0.119 e. The van der Waals surface area contributed by atoms with Crippen LogP contribution in [0.15, 0.2) is 24.3 Å². The second-order valence-corrected chi connectivity index (χ2v) is 6.22. The van der Waals surface area contributed by atoms with Crippen molar-refractivity contribution in [3.8, 4) is 5.75 Å². The zero-order valence-electron chi connectivity index (χ0n) is 13.2. The fraction of sp³-hybridized carbons (Fsp3) is 0.647. The summed E-state index contributed by atoms with van der Waals surface area (Å²) in [5, 5.41) is 3.65. The zero-order chi connectivity index (χ0) is 14.6. The summed E-state index contributed by atoms with van der Waals surface area (Å²) in [7, 11) is 1.73. The van der Waals surface area contributed by atoms with Crippen LogP contribution in [0.4, 0.5) is 0 Å². The molecule has 0 aliphatic heterocycles. The van der Waals surface area contributed by atoms with Crippen LogP contribution in [-0.2, 0) is 0 Å². The minimum Gasteiger partial charge on any atom is -0.497 e. The molecule has 0 saturated carbocycles. The van der Waals surface area contributed by atoms with E-state index in [9.17, 15) is 0 Å². The summed E-state index contributed by atoms with van der Waals surface area (Å²) < 4.78 is 5.33. The van der Waals surface area contributed by atoms with Crippen molar-refractivity contribution in [3.63, 3.8) is 0 Å². The number of rotatable bonds is 11. The normalized spacial score (nSPS) is 12.3. The van der Waals surface area contributed by atoms with E-state index in [1.54, 1.807) is 7.11 Å². The van der Waals surface area contributed by atoms with Crippen molar-refractivity contribution in [1.29, 1.82) is 0 Å². The molecular weight excluding hydrogens is 266 g/mol. The fourth-order valence-corrected chi connectivity index (χ4v) is 3.23. The Morgan fingerprint density at radius 1 is 1.20 bits per heavy atom. The van der Waals surface area contributed by atoms with E-state index < -0.39 is 0 Å². The first-order valence-corrected chi connectivity index (χ1v) is 8.92. The lowest BCUT2D eigenvalue weighted by atomic mass is 10.1. The zero-order valence-corrected chi connectivity index (χ0v) is 14.0. The van der Waals surface area contributed by atoms with Gasteiger partial charge < -0.3 is 10.1 Å². The lowest BCUT2D eigenvalue weighted by Crippen LogP contribution is -2.24. The Labute approximate surface area is 128 Å². The van der Waals surface area contributed by atoms with Crippen molar-refractivity contribution in [1.82, 2.24) is 5.32 Å². The van der Waals surface area contributed by atoms with Gasteiger partial charge in [-0.05, 0) is 42.8 Å². The minimum atomic E-state index is 0.427. The van der Waals surface area contributed by atoms with E-state index in [2.05, 4.69) is 49.1 Å². The average Bonchev–Trinajstić information content (AvgIpc) is 2.50. The molecule has 2 nitrogen and oxygen atoms in total. The summed E-state index contributed by atoms with van der Waals surface area (Å²) in [4.78, 5) is 0. The van der Waals surface area contributed by atoms with E-state index in [-0.39, 0.29) is 0 Å². The topological polar surface area (TPSA) is 21.3 Å². The van der Waals surface area contributed by atoms with Crippen molar-refractivity contribution < 1.29 is 4.74 Å². The van der Waals surface area contributed by atoms with Crippen LogP contribution in [0.25, 0.3) is 0 Å².